The van der Waals surface area contributed by atoms with E-state index in [-0.39, 0.29) is 0 Å². The highest BCUT2D eigenvalue weighted by atomic mass is 15.0. The molecule has 0 radical (unpaired) electrons. The molecule has 0 atom stereocenters. The lowest BCUT2D eigenvalue weighted by atomic mass is 9.82. The Morgan fingerprint density at radius 2 is 1.65 bits per heavy atom. The predicted octanol–water partition coefficient (Wildman–Crippen LogP) is 3.87. The molecule has 1 nitrogen and oxygen atoms in total. The molecule has 0 saturated heterocycles. The van der Waals surface area contributed by atoms with E-state index in [2.05, 4.69) is 64.0 Å². The summed E-state index contributed by atoms with van der Waals surface area (Å²) in [6.07, 6.45) is 3.61. The van der Waals surface area contributed by atoms with E-state index in [1.54, 1.807) is 0 Å². The van der Waals surface area contributed by atoms with Gasteiger partial charge in [-0.3, -0.25) is 0 Å². The lowest BCUT2D eigenvalue weighted by Gasteiger charge is -2.23. The average molecular weight is 233 g/mol. The minimum Gasteiger partial charge on any atom is -0.309 e. The van der Waals surface area contributed by atoms with Gasteiger partial charge in [0.15, 0.2) is 0 Å². The van der Waals surface area contributed by atoms with Crippen LogP contribution in [0.2, 0.25) is 0 Å². The molecule has 1 aromatic carbocycles. The number of hydrogen-bond donors (Lipinski definition) is 0. The van der Waals surface area contributed by atoms with Crippen molar-refractivity contribution in [2.24, 2.45) is 0 Å². The van der Waals surface area contributed by atoms with Gasteiger partial charge in [-0.25, -0.2) is 0 Å². The molecule has 0 aliphatic carbocycles. The van der Waals surface area contributed by atoms with Gasteiger partial charge in [-0.15, -0.1) is 0 Å². The molecule has 0 aliphatic rings. The summed E-state index contributed by atoms with van der Waals surface area (Å²) < 4.78 is 0. The van der Waals surface area contributed by atoms with Gasteiger partial charge >= 0.3 is 0 Å². The van der Waals surface area contributed by atoms with Gasteiger partial charge in [0, 0.05) is 0 Å². The molecule has 0 fully saturated rings. The highest BCUT2D eigenvalue weighted by molar-refractivity contribution is 5.28. The summed E-state index contributed by atoms with van der Waals surface area (Å²) in [5, 5.41) is 0. The topological polar surface area (TPSA) is 3.24 Å². The zero-order chi connectivity index (χ0) is 12.9. The molecular weight excluding hydrogens is 206 g/mol. The minimum atomic E-state index is 0.308. The van der Waals surface area contributed by atoms with Crippen LogP contribution < -0.4 is 0 Å². The van der Waals surface area contributed by atoms with Gasteiger partial charge in [0.05, 0.1) is 0 Å². The summed E-state index contributed by atoms with van der Waals surface area (Å²) in [6.45, 7) is 8.05. The molecule has 0 heterocycles. The maximum Gasteiger partial charge on any atom is -0.00217 e. The Kier molecular flexibility index (Phi) is 5.20. The van der Waals surface area contributed by atoms with E-state index in [9.17, 15) is 0 Å². The summed E-state index contributed by atoms with van der Waals surface area (Å²) in [6, 6.07) is 9.19. The Morgan fingerprint density at radius 1 is 1.06 bits per heavy atom. The number of aryl methyl sites for hydroxylation is 1. The Labute approximate surface area is 107 Å². The molecule has 1 rings (SSSR count). The normalized spacial score (nSPS) is 12.1. The molecule has 0 aliphatic heterocycles. The van der Waals surface area contributed by atoms with Crippen LogP contribution in [0.1, 0.15) is 44.7 Å². The fraction of sp³-hybridized carbons (Fsp3) is 0.625. The molecule has 0 bridgehead atoms. The van der Waals surface area contributed by atoms with Gasteiger partial charge in [-0.2, -0.15) is 0 Å². The summed E-state index contributed by atoms with van der Waals surface area (Å²) in [4.78, 5) is 2.24. The molecule has 0 saturated carbocycles. The monoisotopic (exact) mass is 233 g/mol. The number of hydrogen-bond acceptors (Lipinski definition) is 1. The number of nitrogens with zero attached hydrogens (tertiary/aromatic N) is 1. The van der Waals surface area contributed by atoms with E-state index in [0.29, 0.717) is 5.41 Å². The van der Waals surface area contributed by atoms with Crippen LogP contribution in [-0.4, -0.2) is 25.5 Å². The van der Waals surface area contributed by atoms with Crippen molar-refractivity contribution in [1.29, 1.82) is 0 Å². The van der Waals surface area contributed by atoms with Crippen LogP contribution in [0.5, 0.6) is 0 Å². The zero-order valence-electron chi connectivity index (χ0n) is 12.1. The summed E-state index contributed by atoms with van der Waals surface area (Å²) >= 11 is 0. The van der Waals surface area contributed by atoms with Gasteiger partial charge < -0.3 is 4.90 Å². The largest absolute Gasteiger partial charge is 0.309 e. The Bertz CT molecular complexity index is 322. The van der Waals surface area contributed by atoms with E-state index in [4.69, 9.17) is 0 Å². The predicted molar refractivity (Wildman–Crippen MR) is 76.6 cm³/mol. The molecule has 0 spiro atoms. The summed E-state index contributed by atoms with van der Waals surface area (Å²) in [7, 11) is 4.26. The third-order valence-corrected chi connectivity index (χ3v) is 3.69. The molecule has 96 valence electrons. The highest BCUT2D eigenvalue weighted by Gasteiger charge is 2.17. The van der Waals surface area contributed by atoms with Crippen LogP contribution in [0.25, 0.3) is 0 Å². The van der Waals surface area contributed by atoms with Crippen molar-refractivity contribution in [3.05, 3.63) is 35.4 Å². The van der Waals surface area contributed by atoms with Crippen molar-refractivity contribution >= 4 is 0 Å². The molecule has 17 heavy (non-hydrogen) atoms. The first kappa shape index (κ1) is 14.2. The first-order chi connectivity index (χ1) is 7.95. The lowest BCUT2D eigenvalue weighted by molar-refractivity contribution is 0.400. The first-order valence-corrected chi connectivity index (χ1v) is 6.70. The van der Waals surface area contributed by atoms with Crippen molar-refractivity contribution in [3.8, 4) is 0 Å². The van der Waals surface area contributed by atoms with Gasteiger partial charge in [0.2, 0.25) is 0 Å². The maximum absolute atomic E-state index is 2.31. The van der Waals surface area contributed by atoms with Crippen LogP contribution in [0.3, 0.4) is 0 Å². The van der Waals surface area contributed by atoms with Crippen LogP contribution in [0.15, 0.2) is 24.3 Å². The van der Waals surface area contributed by atoms with E-state index in [1.165, 1.54) is 36.9 Å². The lowest BCUT2D eigenvalue weighted by Crippen LogP contribution is -2.15. The van der Waals surface area contributed by atoms with Crippen LogP contribution >= 0.6 is 0 Å². The van der Waals surface area contributed by atoms with Crippen molar-refractivity contribution in [2.75, 3.05) is 20.6 Å². The highest BCUT2D eigenvalue weighted by Crippen LogP contribution is 2.26. The smallest absolute Gasteiger partial charge is 0.00217 e. The number of benzene rings is 1. The van der Waals surface area contributed by atoms with Crippen molar-refractivity contribution in [3.63, 3.8) is 0 Å². The quantitative estimate of drug-likeness (QED) is 0.721. The third kappa shape index (κ3) is 4.51. The Hall–Kier alpha value is -0.820. The fourth-order valence-electron chi connectivity index (χ4n) is 1.93. The molecule has 1 heteroatoms. The molecule has 0 unspecified atom stereocenters. The molecular formula is C16H27N. The molecule has 0 aromatic heterocycles. The zero-order valence-corrected chi connectivity index (χ0v) is 12.1. The van der Waals surface area contributed by atoms with Crippen molar-refractivity contribution in [1.82, 2.24) is 4.90 Å². The first-order valence-electron chi connectivity index (χ1n) is 6.70. The van der Waals surface area contributed by atoms with E-state index < -0.39 is 0 Å². The number of rotatable bonds is 6. The van der Waals surface area contributed by atoms with Crippen LogP contribution in [-0.2, 0) is 11.8 Å². The van der Waals surface area contributed by atoms with Crippen LogP contribution in [0.4, 0.5) is 0 Å². The standard InChI is InChI=1S/C16H27N/c1-6-16(2,3)15-11-9-14(10-12-15)8-7-13-17(4)5/h9-12H,6-8,13H2,1-5H3. The molecule has 1 aromatic rings. The molecule has 0 amide bonds. The van der Waals surface area contributed by atoms with E-state index in [1.807, 2.05) is 0 Å². The third-order valence-electron chi connectivity index (χ3n) is 3.69. The average Bonchev–Trinajstić information content (AvgIpc) is 2.29. The summed E-state index contributed by atoms with van der Waals surface area (Å²) in [5.41, 5.74) is 3.22. The van der Waals surface area contributed by atoms with Gasteiger partial charge in [-0.1, -0.05) is 45.0 Å². The van der Waals surface area contributed by atoms with Gasteiger partial charge in [-0.05, 0) is 56.4 Å². The van der Waals surface area contributed by atoms with Crippen molar-refractivity contribution < 1.29 is 0 Å². The second-order valence-corrected chi connectivity index (χ2v) is 5.84. The SMILES string of the molecule is CCC(C)(C)c1ccc(CCCN(C)C)cc1. The van der Waals surface area contributed by atoms with E-state index >= 15 is 0 Å². The van der Waals surface area contributed by atoms with Gasteiger partial charge in [0.1, 0.15) is 0 Å². The van der Waals surface area contributed by atoms with Crippen LogP contribution in [0, 0.1) is 0 Å². The van der Waals surface area contributed by atoms with E-state index in [0.717, 1.165) is 0 Å². The molecule has 0 N–H and O–H groups in total. The van der Waals surface area contributed by atoms with Crippen molar-refractivity contribution in [2.45, 2.75) is 45.4 Å². The minimum absolute atomic E-state index is 0.308. The second-order valence-electron chi connectivity index (χ2n) is 5.84. The van der Waals surface area contributed by atoms with Gasteiger partial charge in [0.25, 0.3) is 0 Å². The Balaban J connectivity index is 2.56. The second kappa shape index (κ2) is 6.20. The fourth-order valence-corrected chi connectivity index (χ4v) is 1.93. The summed E-state index contributed by atoms with van der Waals surface area (Å²) in [5.74, 6) is 0. The maximum atomic E-state index is 2.31. The Morgan fingerprint density at radius 3 is 2.12 bits per heavy atom.